The summed E-state index contributed by atoms with van der Waals surface area (Å²) in [5.41, 5.74) is 9.15. The smallest absolute Gasteiger partial charge is 0.408 e. The first-order valence-corrected chi connectivity index (χ1v) is 5.47. The minimum atomic E-state index is -0.485. The Balaban J connectivity index is 2.06. The number of H-pyrrole nitrogens is 1. The number of nitrogens with one attached hydrogen (secondary N) is 2. The third-order valence-corrected chi connectivity index (χ3v) is 2.64. The number of fused-ring (bicyclic) bond motifs is 1. The molecule has 1 aromatic heterocycles. The quantitative estimate of drug-likeness (QED) is 0.602. The second kappa shape index (κ2) is 3.96. The molecule has 0 bridgehead atoms. The number of rotatable bonds is 2. The first-order chi connectivity index (χ1) is 8.72. The number of hydrogen-bond donors (Lipinski definition) is 3. The SMILES string of the molecule is Nc1cc2oc(=O)[nH]c2cc1Nc1ccccc1. The Morgan fingerprint density at radius 3 is 2.72 bits per heavy atom. The maximum absolute atomic E-state index is 11.1. The summed E-state index contributed by atoms with van der Waals surface area (Å²) in [7, 11) is 0. The average molecular weight is 241 g/mol. The monoisotopic (exact) mass is 241 g/mol. The minimum Gasteiger partial charge on any atom is -0.408 e. The Morgan fingerprint density at radius 2 is 1.94 bits per heavy atom. The summed E-state index contributed by atoms with van der Waals surface area (Å²) in [5, 5.41) is 3.18. The molecule has 0 spiro atoms. The molecule has 4 N–H and O–H groups in total. The van der Waals surface area contributed by atoms with Crippen LogP contribution in [0.25, 0.3) is 11.1 Å². The largest absolute Gasteiger partial charge is 0.417 e. The zero-order chi connectivity index (χ0) is 12.5. The Morgan fingerprint density at radius 1 is 1.17 bits per heavy atom. The van der Waals surface area contributed by atoms with Gasteiger partial charge in [0.2, 0.25) is 0 Å². The van der Waals surface area contributed by atoms with E-state index >= 15 is 0 Å². The van der Waals surface area contributed by atoms with Crippen LogP contribution in [-0.4, -0.2) is 4.98 Å². The van der Waals surface area contributed by atoms with Crippen molar-refractivity contribution in [2.24, 2.45) is 0 Å². The van der Waals surface area contributed by atoms with E-state index in [0.717, 1.165) is 11.4 Å². The van der Waals surface area contributed by atoms with Crippen LogP contribution < -0.4 is 16.8 Å². The van der Waals surface area contributed by atoms with Crippen LogP contribution >= 0.6 is 0 Å². The minimum absolute atomic E-state index is 0.455. The van der Waals surface area contributed by atoms with Crippen LogP contribution in [0, 0.1) is 0 Å². The van der Waals surface area contributed by atoms with Gasteiger partial charge in [0.05, 0.1) is 16.9 Å². The van der Waals surface area contributed by atoms with Gasteiger partial charge >= 0.3 is 5.76 Å². The summed E-state index contributed by atoms with van der Waals surface area (Å²) in [6.45, 7) is 0. The third kappa shape index (κ3) is 1.82. The molecule has 2 aromatic carbocycles. The van der Waals surface area contributed by atoms with E-state index in [2.05, 4.69) is 10.3 Å². The van der Waals surface area contributed by atoms with Gasteiger partial charge < -0.3 is 15.5 Å². The summed E-state index contributed by atoms with van der Waals surface area (Å²) < 4.78 is 4.94. The topological polar surface area (TPSA) is 84.0 Å². The average Bonchev–Trinajstić information content (AvgIpc) is 2.70. The van der Waals surface area contributed by atoms with Crippen molar-refractivity contribution in [1.29, 1.82) is 0 Å². The van der Waals surface area contributed by atoms with Crippen molar-refractivity contribution in [1.82, 2.24) is 4.98 Å². The number of benzene rings is 2. The van der Waals surface area contributed by atoms with Crippen LogP contribution in [0.1, 0.15) is 0 Å². The number of anilines is 3. The molecule has 0 aliphatic heterocycles. The predicted molar refractivity (Wildman–Crippen MR) is 71.0 cm³/mol. The van der Waals surface area contributed by atoms with Gasteiger partial charge in [0.1, 0.15) is 0 Å². The normalized spacial score (nSPS) is 10.7. The summed E-state index contributed by atoms with van der Waals surface area (Å²) in [5.74, 6) is -0.485. The molecule has 0 amide bonds. The molecule has 0 aliphatic rings. The van der Waals surface area contributed by atoms with Crippen molar-refractivity contribution < 1.29 is 4.42 Å². The van der Waals surface area contributed by atoms with E-state index in [1.165, 1.54) is 0 Å². The van der Waals surface area contributed by atoms with Gasteiger partial charge in [0, 0.05) is 11.8 Å². The van der Waals surface area contributed by atoms with Crippen molar-refractivity contribution in [3.63, 3.8) is 0 Å². The molecule has 0 saturated carbocycles. The van der Waals surface area contributed by atoms with E-state index in [1.807, 2.05) is 30.3 Å². The highest BCUT2D eigenvalue weighted by atomic mass is 16.4. The fraction of sp³-hybridized carbons (Fsp3) is 0. The Kier molecular flexibility index (Phi) is 2.30. The highest BCUT2D eigenvalue weighted by molar-refractivity contribution is 5.86. The highest BCUT2D eigenvalue weighted by Gasteiger charge is 2.06. The molecule has 0 saturated heterocycles. The number of nitrogen functional groups attached to an aromatic ring is 1. The lowest BCUT2D eigenvalue weighted by Crippen LogP contribution is -1.96. The van der Waals surface area contributed by atoms with Crippen LogP contribution in [0.3, 0.4) is 0 Å². The Labute approximate surface area is 102 Å². The lowest BCUT2D eigenvalue weighted by molar-refractivity contribution is 0.555. The van der Waals surface area contributed by atoms with Crippen molar-refractivity contribution >= 4 is 28.2 Å². The van der Waals surface area contributed by atoms with Crippen molar-refractivity contribution in [3.8, 4) is 0 Å². The molecule has 0 radical (unpaired) electrons. The number of aromatic amines is 1. The molecule has 3 aromatic rings. The summed E-state index contributed by atoms with van der Waals surface area (Å²) in [4.78, 5) is 13.7. The van der Waals surface area contributed by atoms with E-state index in [0.29, 0.717) is 16.8 Å². The molecule has 5 nitrogen and oxygen atoms in total. The Bertz CT molecular complexity index is 744. The lowest BCUT2D eigenvalue weighted by Gasteiger charge is -2.08. The van der Waals surface area contributed by atoms with Crippen molar-refractivity contribution in [2.45, 2.75) is 0 Å². The molecular formula is C13H11N3O2. The van der Waals surface area contributed by atoms with Gasteiger partial charge in [-0.15, -0.1) is 0 Å². The van der Waals surface area contributed by atoms with Crippen LogP contribution in [0.2, 0.25) is 0 Å². The molecular weight excluding hydrogens is 230 g/mol. The van der Waals surface area contributed by atoms with Gasteiger partial charge in [-0.25, -0.2) is 4.79 Å². The number of oxazole rings is 1. The zero-order valence-corrected chi connectivity index (χ0v) is 9.44. The summed E-state index contributed by atoms with van der Waals surface area (Å²) >= 11 is 0. The van der Waals surface area contributed by atoms with Crippen molar-refractivity contribution in [3.05, 3.63) is 53.0 Å². The highest BCUT2D eigenvalue weighted by Crippen LogP contribution is 2.27. The third-order valence-electron chi connectivity index (χ3n) is 2.64. The van der Waals surface area contributed by atoms with E-state index < -0.39 is 5.76 Å². The van der Waals surface area contributed by atoms with Gasteiger partial charge in [-0.05, 0) is 18.2 Å². The summed E-state index contributed by atoms with van der Waals surface area (Å²) in [6.07, 6.45) is 0. The van der Waals surface area contributed by atoms with Gasteiger partial charge in [-0.3, -0.25) is 4.98 Å². The van der Waals surface area contributed by atoms with Gasteiger partial charge in [-0.1, -0.05) is 18.2 Å². The van der Waals surface area contributed by atoms with E-state index in [1.54, 1.807) is 12.1 Å². The molecule has 5 heteroatoms. The second-order valence-electron chi connectivity index (χ2n) is 3.94. The predicted octanol–water partition coefficient (Wildman–Crippen LogP) is 2.45. The van der Waals surface area contributed by atoms with E-state index in [9.17, 15) is 4.79 Å². The van der Waals surface area contributed by atoms with Crippen molar-refractivity contribution in [2.75, 3.05) is 11.1 Å². The van der Waals surface area contributed by atoms with Gasteiger partial charge in [-0.2, -0.15) is 0 Å². The number of aromatic nitrogens is 1. The molecule has 0 fully saturated rings. The van der Waals surface area contributed by atoms with Crippen LogP contribution in [0.5, 0.6) is 0 Å². The molecule has 0 atom stereocenters. The molecule has 1 heterocycles. The Hall–Kier alpha value is -2.69. The number of hydrogen-bond acceptors (Lipinski definition) is 4. The molecule has 18 heavy (non-hydrogen) atoms. The fourth-order valence-corrected chi connectivity index (χ4v) is 1.80. The lowest BCUT2D eigenvalue weighted by atomic mass is 10.2. The zero-order valence-electron chi connectivity index (χ0n) is 9.44. The van der Waals surface area contributed by atoms with Gasteiger partial charge in [0.15, 0.2) is 5.58 Å². The standard InChI is InChI=1S/C13H11N3O2/c14-9-6-12-11(16-13(17)18-12)7-10(9)15-8-4-2-1-3-5-8/h1-7,15H,14H2,(H,16,17). The molecule has 0 aliphatic carbocycles. The first kappa shape index (κ1) is 10.5. The molecule has 3 rings (SSSR count). The van der Waals surface area contributed by atoms with E-state index in [4.69, 9.17) is 10.2 Å². The van der Waals surface area contributed by atoms with Crippen LogP contribution in [0.15, 0.2) is 51.7 Å². The number of para-hydroxylation sites is 1. The second-order valence-corrected chi connectivity index (χ2v) is 3.94. The molecule has 0 unspecified atom stereocenters. The maximum atomic E-state index is 11.1. The number of nitrogens with two attached hydrogens (primary N) is 1. The maximum Gasteiger partial charge on any atom is 0.417 e. The molecule has 90 valence electrons. The fourth-order valence-electron chi connectivity index (χ4n) is 1.80. The van der Waals surface area contributed by atoms with Crippen LogP contribution in [-0.2, 0) is 0 Å². The van der Waals surface area contributed by atoms with E-state index in [-0.39, 0.29) is 0 Å². The van der Waals surface area contributed by atoms with Gasteiger partial charge in [0.25, 0.3) is 0 Å². The summed E-state index contributed by atoms with van der Waals surface area (Å²) in [6, 6.07) is 13.0. The first-order valence-electron chi connectivity index (χ1n) is 5.47. The van der Waals surface area contributed by atoms with Crippen LogP contribution in [0.4, 0.5) is 17.1 Å².